The molecule has 3 unspecified atom stereocenters. The van der Waals surface area contributed by atoms with Gasteiger partial charge in [0, 0.05) is 18.8 Å². The first kappa shape index (κ1) is 15.7. The normalized spacial score (nSPS) is 25.4. The minimum atomic E-state index is -0.575. The molecule has 1 heterocycles. The van der Waals surface area contributed by atoms with Gasteiger partial charge in [-0.15, -0.1) is 0 Å². The highest BCUT2D eigenvalue weighted by molar-refractivity contribution is 5.95. The zero-order valence-electron chi connectivity index (χ0n) is 12.9. The summed E-state index contributed by atoms with van der Waals surface area (Å²) in [6, 6.07) is 1.57. The number of carbonyl (C=O) groups is 1. The van der Waals surface area contributed by atoms with Crippen LogP contribution in [0.3, 0.4) is 0 Å². The van der Waals surface area contributed by atoms with Gasteiger partial charge in [0.15, 0.2) is 11.6 Å². The number of halogens is 1. The fourth-order valence-corrected chi connectivity index (χ4v) is 2.85. The molecule has 1 aliphatic rings. The van der Waals surface area contributed by atoms with E-state index in [1.54, 1.807) is 0 Å². The quantitative estimate of drug-likeness (QED) is 0.896. The van der Waals surface area contributed by atoms with Crippen LogP contribution in [0.1, 0.15) is 50.4 Å². The highest BCUT2D eigenvalue weighted by Crippen LogP contribution is 2.29. The molecule has 1 fully saturated rings. The van der Waals surface area contributed by atoms with E-state index >= 15 is 0 Å². The molecule has 0 radical (unpaired) electrons. The molecule has 5 heteroatoms. The van der Waals surface area contributed by atoms with Gasteiger partial charge in [0.05, 0.1) is 5.56 Å². The van der Waals surface area contributed by atoms with Crippen molar-refractivity contribution in [3.63, 3.8) is 0 Å². The number of rotatable bonds is 4. The van der Waals surface area contributed by atoms with Crippen LogP contribution in [0, 0.1) is 17.7 Å². The minimum absolute atomic E-state index is 0.0622. The first-order valence-corrected chi connectivity index (χ1v) is 7.72. The summed E-state index contributed by atoms with van der Waals surface area (Å²) >= 11 is 0. The first-order valence-electron chi connectivity index (χ1n) is 7.72. The molecule has 21 heavy (non-hydrogen) atoms. The number of nitrogens with one attached hydrogen (secondary N) is 2. The second-order valence-corrected chi connectivity index (χ2v) is 5.99. The van der Waals surface area contributed by atoms with Crippen LogP contribution < -0.4 is 10.6 Å². The number of pyridine rings is 1. The molecule has 116 valence electrons. The standard InChI is InChI=1S/C16H24FN3O/c1-4-18-15-14(17)13(7-8-19-15)16(21)20-12-6-5-10(2)11(3)9-12/h7-8,10-12H,4-6,9H2,1-3H3,(H,18,19)(H,20,21). The van der Waals surface area contributed by atoms with Crippen molar-refractivity contribution >= 4 is 11.7 Å². The molecule has 2 N–H and O–H groups in total. The third kappa shape index (κ3) is 3.71. The lowest BCUT2D eigenvalue weighted by Crippen LogP contribution is -2.40. The van der Waals surface area contributed by atoms with Gasteiger partial charge >= 0.3 is 0 Å². The monoisotopic (exact) mass is 293 g/mol. The number of carbonyl (C=O) groups excluding carboxylic acids is 1. The van der Waals surface area contributed by atoms with E-state index in [2.05, 4.69) is 29.5 Å². The van der Waals surface area contributed by atoms with Crippen LogP contribution in [-0.2, 0) is 0 Å². The Kier molecular flexibility index (Phi) is 5.15. The lowest BCUT2D eigenvalue weighted by atomic mass is 9.79. The molecule has 1 amide bonds. The van der Waals surface area contributed by atoms with Crippen LogP contribution in [0.4, 0.5) is 10.2 Å². The molecule has 0 aromatic carbocycles. The summed E-state index contributed by atoms with van der Waals surface area (Å²) in [6.45, 7) is 6.87. The predicted molar refractivity (Wildman–Crippen MR) is 81.8 cm³/mol. The lowest BCUT2D eigenvalue weighted by molar-refractivity contribution is 0.0906. The van der Waals surface area contributed by atoms with Gasteiger partial charge in [-0.1, -0.05) is 13.8 Å². The third-order valence-corrected chi connectivity index (χ3v) is 4.41. The minimum Gasteiger partial charge on any atom is -0.368 e. The maximum Gasteiger partial charge on any atom is 0.254 e. The zero-order valence-corrected chi connectivity index (χ0v) is 12.9. The van der Waals surface area contributed by atoms with Crippen molar-refractivity contribution in [3.8, 4) is 0 Å². The fourth-order valence-electron chi connectivity index (χ4n) is 2.85. The van der Waals surface area contributed by atoms with E-state index in [9.17, 15) is 9.18 Å². The van der Waals surface area contributed by atoms with Crippen molar-refractivity contribution in [1.29, 1.82) is 0 Å². The molecule has 0 bridgehead atoms. The van der Waals surface area contributed by atoms with Gasteiger partial charge in [0.25, 0.3) is 5.91 Å². The molecule has 0 saturated heterocycles. The van der Waals surface area contributed by atoms with Crippen molar-refractivity contribution < 1.29 is 9.18 Å². The van der Waals surface area contributed by atoms with Gasteiger partial charge in [-0.25, -0.2) is 9.37 Å². The number of anilines is 1. The SMILES string of the molecule is CCNc1nccc(C(=O)NC2CCC(C)C(C)C2)c1F. The van der Waals surface area contributed by atoms with Crippen molar-refractivity contribution in [1.82, 2.24) is 10.3 Å². The molecule has 3 atom stereocenters. The summed E-state index contributed by atoms with van der Waals surface area (Å²) in [5, 5.41) is 5.78. The number of hydrogen-bond donors (Lipinski definition) is 2. The van der Waals surface area contributed by atoms with Crippen LogP contribution >= 0.6 is 0 Å². The van der Waals surface area contributed by atoms with E-state index in [0.29, 0.717) is 18.4 Å². The maximum atomic E-state index is 14.2. The number of amides is 1. The molecule has 4 nitrogen and oxygen atoms in total. The van der Waals surface area contributed by atoms with E-state index < -0.39 is 5.82 Å². The Morgan fingerprint density at radius 3 is 2.81 bits per heavy atom. The molecular formula is C16H24FN3O. The van der Waals surface area contributed by atoms with Gasteiger partial charge in [0.1, 0.15) is 0 Å². The summed E-state index contributed by atoms with van der Waals surface area (Å²) in [5.74, 6) is 0.491. The Morgan fingerprint density at radius 1 is 1.38 bits per heavy atom. The average Bonchev–Trinajstić information content (AvgIpc) is 2.45. The zero-order chi connectivity index (χ0) is 15.4. The lowest BCUT2D eigenvalue weighted by Gasteiger charge is -2.32. The highest BCUT2D eigenvalue weighted by atomic mass is 19.1. The summed E-state index contributed by atoms with van der Waals surface area (Å²) < 4.78 is 14.2. The van der Waals surface area contributed by atoms with E-state index in [1.807, 2.05) is 6.92 Å². The van der Waals surface area contributed by atoms with Crippen LogP contribution in [-0.4, -0.2) is 23.5 Å². The number of nitrogens with zero attached hydrogens (tertiary/aromatic N) is 1. The van der Waals surface area contributed by atoms with Crippen molar-refractivity contribution in [2.24, 2.45) is 11.8 Å². The van der Waals surface area contributed by atoms with Crippen LogP contribution in [0.15, 0.2) is 12.3 Å². The molecule has 1 saturated carbocycles. The fraction of sp³-hybridized carbons (Fsp3) is 0.625. The maximum absolute atomic E-state index is 14.2. The Balaban J connectivity index is 2.05. The Labute approximate surface area is 125 Å². The average molecular weight is 293 g/mol. The molecule has 0 aliphatic heterocycles. The second-order valence-electron chi connectivity index (χ2n) is 5.99. The van der Waals surface area contributed by atoms with Crippen LogP contribution in [0.5, 0.6) is 0 Å². The Hall–Kier alpha value is -1.65. The summed E-state index contributed by atoms with van der Waals surface area (Å²) in [5.41, 5.74) is 0.0622. The molecule has 2 rings (SSSR count). The Morgan fingerprint density at radius 2 is 2.14 bits per heavy atom. The van der Waals surface area contributed by atoms with Crippen molar-refractivity contribution in [2.45, 2.75) is 46.1 Å². The first-order chi connectivity index (χ1) is 10.0. The van der Waals surface area contributed by atoms with Gasteiger partial charge in [0.2, 0.25) is 0 Å². The molecule has 1 aromatic rings. The van der Waals surface area contributed by atoms with Crippen molar-refractivity contribution in [2.75, 3.05) is 11.9 Å². The van der Waals surface area contributed by atoms with Gasteiger partial charge in [-0.2, -0.15) is 0 Å². The molecule has 1 aliphatic carbocycles. The highest BCUT2D eigenvalue weighted by Gasteiger charge is 2.26. The van der Waals surface area contributed by atoms with E-state index in [0.717, 1.165) is 19.3 Å². The van der Waals surface area contributed by atoms with Crippen LogP contribution in [0.2, 0.25) is 0 Å². The number of hydrogen-bond acceptors (Lipinski definition) is 3. The van der Waals surface area contributed by atoms with E-state index in [-0.39, 0.29) is 23.3 Å². The van der Waals surface area contributed by atoms with Gasteiger partial charge in [-0.3, -0.25) is 4.79 Å². The molecule has 0 spiro atoms. The van der Waals surface area contributed by atoms with Crippen LogP contribution in [0.25, 0.3) is 0 Å². The third-order valence-electron chi connectivity index (χ3n) is 4.41. The largest absolute Gasteiger partial charge is 0.368 e. The smallest absolute Gasteiger partial charge is 0.254 e. The second kappa shape index (κ2) is 6.87. The summed E-state index contributed by atoms with van der Waals surface area (Å²) in [4.78, 5) is 16.2. The Bertz CT molecular complexity index is 506. The molecular weight excluding hydrogens is 269 g/mol. The molecule has 1 aromatic heterocycles. The van der Waals surface area contributed by atoms with Crippen molar-refractivity contribution in [3.05, 3.63) is 23.6 Å². The van der Waals surface area contributed by atoms with Gasteiger partial charge < -0.3 is 10.6 Å². The number of aromatic nitrogens is 1. The summed E-state index contributed by atoms with van der Waals surface area (Å²) in [7, 11) is 0. The topological polar surface area (TPSA) is 54.0 Å². The summed E-state index contributed by atoms with van der Waals surface area (Å²) in [6.07, 6.45) is 4.48. The predicted octanol–water partition coefficient (Wildman–Crippen LogP) is 3.21. The van der Waals surface area contributed by atoms with E-state index in [4.69, 9.17) is 0 Å². The van der Waals surface area contributed by atoms with E-state index in [1.165, 1.54) is 12.3 Å². The van der Waals surface area contributed by atoms with Gasteiger partial charge in [-0.05, 0) is 44.1 Å².